The number of hydrogen-bond acceptors (Lipinski definition) is 6. The van der Waals surface area contributed by atoms with E-state index in [-0.39, 0.29) is 33.8 Å². The average molecular weight is 506 g/mol. The van der Waals surface area contributed by atoms with Crippen molar-refractivity contribution in [3.63, 3.8) is 0 Å². The predicted molar refractivity (Wildman–Crippen MR) is 129 cm³/mol. The Balaban J connectivity index is 1.52. The van der Waals surface area contributed by atoms with E-state index in [1.54, 1.807) is 41.0 Å². The highest BCUT2D eigenvalue weighted by molar-refractivity contribution is 7.89. The zero-order valence-corrected chi connectivity index (χ0v) is 19.5. The fraction of sp³-hybridized carbons (Fsp3) is 0.0800. The van der Waals surface area contributed by atoms with Crippen molar-refractivity contribution in [2.45, 2.75) is 17.5 Å². The molecule has 0 bridgehead atoms. The van der Waals surface area contributed by atoms with Gasteiger partial charge in [0.15, 0.2) is 0 Å². The first-order valence-corrected chi connectivity index (χ1v) is 12.4. The molecule has 1 aromatic heterocycles. The van der Waals surface area contributed by atoms with Crippen LogP contribution < -0.4 is 16.2 Å². The van der Waals surface area contributed by atoms with Crippen molar-refractivity contribution in [3.05, 3.63) is 101 Å². The fourth-order valence-electron chi connectivity index (χ4n) is 4.34. The lowest BCUT2D eigenvalue weighted by Crippen LogP contribution is -2.36. The van der Waals surface area contributed by atoms with Crippen molar-refractivity contribution in [1.29, 1.82) is 0 Å². The molecule has 11 heteroatoms. The van der Waals surface area contributed by atoms with E-state index in [1.165, 1.54) is 36.7 Å². The number of sulfonamides is 1. The number of nitrogens with one attached hydrogen (secondary N) is 1. The molecule has 1 unspecified atom stereocenters. The average Bonchev–Trinajstić information content (AvgIpc) is 3.29. The molecule has 0 saturated carbocycles. The number of carbonyl (C=O) groups is 2. The number of ketones is 1. The normalized spacial score (nSPS) is 15.5. The van der Waals surface area contributed by atoms with Crippen LogP contribution in [0.5, 0.6) is 0 Å². The van der Waals surface area contributed by atoms with E-state index in [2.05, 4.69) is 10.3 Å². The minimum Gasteiger partial charge on any atom is -0.366 e. The maximum atomic E-state index is 15.3. The number of carbonyl (C=O) groups excluding carboxylic acids is 2. The lowest BCUT2D eigenvalue weighted by atomic mass is 9.93. The van der Waals surface area contributed by atoms with Crippen molar-refractivity contribution in [1.82, 2.24) is 14.9 Å². The number of hydrogen-bond donors (Lipinski definition) is 3. The van der Waals surface area contributed by atoms with E-state index < -0.39 is 33.6 Å². The third-order valence-electron chi connectivity index (χ3n) is 6.04. The summed E-state index contributed by atoms with van der Waals surface area (Å²) in [6.07, 6.45) is 1.47. The van der Waals surface area contributed by atoms with Gasteiger partial charge in [0, 0.05) is 28.9 Å². The molecule has 0 radical (unpaired) electrons. The van der Waals surface area contributed by atoms with Crippen LogP contribution in [0.25, 0.3) is 16.8 Å². The van der Waals surface area contributed by atoms with Crippen molar-refractivity contribution in [2.24, 2.45) is 10.9 Å². The van der Waals surface area contributed by atoms with Crippen LogP contribution in [0.1, 0.15) is 38.1 Å². The molecule has 0 saturated heterocycles. The molecule has 1 aliphatic rings. The van der Waals surface area contributed by atoms with Crippen molar-refractivity contribution in [3.8, 4) is 16.8 Å². The van der Waals surface area contributed by atoms with Crippen LogP contribution in [0.4, 0.5) is 4.39 Å². The first-order chi connectivity index (χ1) is 17.1. The van der Waals surface area contributed by atoms with Crippen LogP contribution >= 0.6 is 0 Å². The van der Waals surface area contributed by atoms with Gasteiger partial charge in [0.1, 0.15) is 23.9 Å². The molecule has 1 amide bonds. The van der Waals surface area contributed by atoms with Gasteiger partial charge >= 0.3 is 0 Å². The van der Waals surface area contributed by atoms with Crippen LogP contribution in [0, 0.1) is 5.82 Å². The van der Waals surface area contributed by atoms with E-state index in [0.717, 1.165) is 0 Å². The van der Waals surface area contributed by atoms with Crippen molar-refractivity contribution >= 4 is 21.7 Å². The van der Waals surface area contributed by atoms with Crippen molar-refractivity contribution in [2.75, 3.05) is 0 Å². The van der Waals surface area contributed by atoms with Gasteiger partial charge in [0.05, 0.1) is 10.6 Å². The standard InChI is InChI=1S/C25H20FN5O4S/c26-19-11-14(17-6-1-2-7-21(17)36(28,34)35)8-9-18(19)22-24(32)23-20(12-29-22)30-13-31(23)16-5-3-4-15(10-16)25(27)33/h1-11,13,22,29H,12H2,(H2,27,33)(H2,28,34,35). The second kappa shape index (κ2) is 8.79. The Kier molecular flexibility index (Phi) is 5.75. The number of primary amides is 1. The van der Waals surface area contributed by atoms with Gasteiger partial charge in [-0.3, -0.25) is 19.5 Å². The maximum absolute atomic E-state index is 15.3. The second-order valence-corrected chi connectivity index (χ2v) is 9.81. The number of fused-ring (bicyclic) bond motifs is 1. The Morgan fingerprint density at radius 3 is 2.58 bits per heavy atom. The lowest BCUT2D eigenvalue weighted by molar-refractivity contribution is 0.0919. The molecule has 36 heavy (non-hydrogen) atoms. The molecular formula is C25H20FN5O4S. The zero-order valence-electron chi connectivity index (χ0n) is 18.7. The summed E-state index contributed by atoms with van der Waals surface area (Å²) in [5, 5.41) is 8.33. The van der Waals surface area contributed by atoms with Crippen LogP contribution in [0.2, 0.25) is 0 Å². The third-order valence-corrected chi connectivity index (χ3v) is 7.01. The highest BCUT2D eigenvalue weighted by Crippen LogP contribution is 2.33. The molecule has 0 spiro atoms. The van der Waals surface area contributed by atoms with E-state index in [4.69, 9.17) is 10.9 Å². The number of amides is 1. The number of aromatic nitrogens is 2. The molecule has 5 rings (SSSR count). The Labute approximate surface area is 205 Å². The number of halogens is 1. The van der Waals surface area contributed by atoms with Crippen LogP contribution in [0.3, 0.4) is 0 Å². The Bertz CT molecular complexity index is 1650. The summed E-state index contributed by atoms with van der Waals surface area (Å²) in [7, 11) is -4.03. The van der Waals surface area contributed by atoms with Crippen LogP contribution in [-0.2, 0) is 16.6 Å². The number of Topliss-reactive ketones (excluding diaryl/α,β-unsaturated/α-hetero) is 1. The molecule has 0 fully saturated rings. The van der Waals surface area contributed by atoms with Gasteiger partial charge in [-0.1, -0.05) is 36.4 Å². The second-order valence-electron chi connectivity index (χ2n) is 8.28. The number of nitrogens with zero attached hydrogens (tertiary/aromatic N) is 2. The monoisotopic (exact) mass is 505 g/mol. The molecule has 9 nitrogen and oxygen atoms in total. The van der Waals surface area contributed by atoms with Crippen LogP contribution in [0.15, 0.2) is 78.0 Å². The minimum absolute atomic E-state index is 0.0983. The topological polar surface area (TPSA) is 150 Å². The third kappa shape index (κ3) is 4.09. The summed E-state index contributed by atoms with van der Waals surface area (Å²) in [6, 6.07) is 15.6. The van der Waals surface area contributed by atoms with Gasteiger partial charge in [-0.2, -0.15) is 0 Å². The number of benzene rings is 3. The molecule has 4 aromatic rings. The van der Waals surface area contributed by atoms with E-state index in [1.807, 2.05) is 0 Å². The molecule has 182 valence electrons. The summed E-state index contributed by atoms with van der Waals surface area (Å²) >= 11 is 0. The van der Waals surface area contributed by atoms with Crippen LogP contribution in [-0.4, -0.2) is 29.7 Å². The van der Waals surface area contributed by atoms with Gasteiger partial charge in [-0.25, -0.2) is 22.9 Å². The van der Waals surface area contributed by atoms with Gasteiger partial charge in [-0.15, -0.1) is 0 Å². The Hall–Kier alpha value is -4.19. The van der Waals surface area contributed by atoms with Crippen molar-refractivity contribution < 1.29 is 22.4 Å². The highest BCUT2D eigenvalue weighted by Gasteiger charge is 2.34. The van der Waals surface area contributed by atoms with Gasteiger partial charge in [0.2, 0.25) is 21.7 Å². The van der Waals surface area contributed by atoms with Gasteiger partial charge in [-0.05, 0) is 35.9 Å². The Morgan fingerprint density at radius 1 is 1.08 bits per heavy atom. The van der Waals surface area contributed by atoms with E-state index in [9.17, 15) is 18.0 Å². The number of rotatable bonds is 5. The number of imidazole rings is 1. The summed E-state index contributed by atoms with van der Waals surface area (Å²) in [5.74, 6) is -1.70. The molecule has 2 heterocycles. The molecule has 1 aliphatic heterocycles. The summed E-state index contributed by atoms with van der Waals surface area (Å²) in [5.41, 5.74) is 7.58. The molecule has 0 aliphatic carbocycles. The highest BCUT2D eigenvalue weighted by atomic mass is 32.2. The van der Waals surface area contributed by atoms with E-state index >= 15 is 4.39 Å². The quantitative estimate of drug-likeness (QED) is 0.379. The zero-order chi connectivity index (χ0) is 25.6. The molecular weight excluding hydrogens is 485 g/mol. The molecule has 1 atom stereocenters. The number of nitrogens with two attached hydrogens (primary N) is 2. The smallest absolute Gasteiger partial charge is 0.248 e. The molecule has 5 N–H and O–H groups in total. The maximum Gasteiger partial charge on any atom is 0.248 e. The largest absolute Gasteiger partial charge is 0.366 e. The van der Waals surface area contributed by atoms with Gasteiger partial charge in [0.25, 0.3) is 0 Å². The Morgan fingerprint density at radius 2 is 1.86 bits per heavy atom. The summed E-state index contributed by atoms with van der Waals surface area (Å²) in [4.78, 5) is 29.3. The fourth-order valence-corrected chi connectivity index (χ4v) is 5.10. The number of primary sulfonamides is 1. The minimum atomic E-state index is -4.03. The lowest BCUT2D eigenvalue weighted by Gasteiger charge is -2.24. The predicted octanol–water partition coefficient (Wildman–Crippen LogP) is 2.45. The first kappa shape index (κ1) is 23.5. The van der Waals surface area contributed by atoms with Gasteiger partial charge < -0.3 is 5.73 Å². The first-order valence-electron chi connectivity index (χ1n) is 10.8. The molecule has 3 aromatic carbocycles. The van der Waals surface area contributed by atoms with E-state index in [0.29, 0.717) is 16.9 Å². The SMILES string of the molecule is NC(=O)c1cccc(-n2cnc3c2C(=O)C(c2ccc(-c4ccccc4S(N)(=O)=O)cc2F)NC3)c1. The summed E-state index contributed by atoms with van der Waals surface area (Å²) < 4.78 is 40.8. The summed E-state index contributed by atoms with van der Waals surface area (Å²) in [6.45, 7) is 0.212.